The van der Waals surface area contributed by atoms with Crippen molar-refractivity contribution in [2.24, 2.45) is 0 Å². The lowest BCUT2D eigenvalue weighted by molar-refractivity contribution is 0.418. The zero-order valence-corrected chi connectivity index (χ0v) is 12.2. The molecule has 1 atom stereocenters. The molecule has 0 saturated carbocycles. The third-order valence-corrected chi connectivity index (χ3v) is 3.50. The van der Waals surface area contributed by atoms with Crippen LogP contribution in [0.2, 0.25) is 0 Å². The Hall–Kier alpha value is -1.02. The minimum absolute atomic E-state index is 0.272. The van der Waals surface area contributed by atoms with Crippen molar-refractivity contribution < 1.29 is 8.91 Å². The van der Waals surface area contributed by atoms with Gasteiger partial charge in [0.25, 0.3) is 5.89 Å². The minimum Gasteiger partial charge on any atom is -0.334 e. The first-order valence-corrected chi connectivity index (χ1v) is 6.63. The van der Waals surface area contributed by atoms with E-state index in [-0.39, 0.29) is 11.9 Å². The Labute approximate surface area is 118 Å². The van der Waals surface area contributed by atoms with Gasteiger partial charge in [-0.25, -0.2) is 4.39 Å². The van der Waals surface area contributed by atoms with Gasteiger partial charge in [0.05, 0.1) is 5.56 Å². The Morgan fingerprint density at radius 1 is 1.50 bits per heavy atom. The summed E-state index contributed by atoms with van der Waals surface area (Å²) >= 11 is 2.05. The van der Waals surface area contributed by atoms with E-state index in [9.17, 15) is 4.39 Å². The average Bonchev–Trinajstić information content (AvgIpc) is 2.77. The molecular formula is C12H13FIN3O. The summed E-state index contributed by atoms with van der Waals surface area (Å²) in [6.07, 6.45) is 0.692. The van der Waals surface area contributed by atoms with Crippen LogP contribution >= 0.6 is 22.6 Å². The van der Waals surface area contributed by atoms with Gasteiger partial charge in [-0.2, -0.15) is 4.98 Å². The molecule has 0 aliphatic heterocycles. The fourth-order valence-electron chi connectivity index (χ4n) is 1.49. The molecule has 2 aromatic rings. The van der Waals surface area contributed by atoms with E-state index in [1.807, 2.05) is 14.0 Å². The normalized spacial score (nSPS) is 12.7. The predicted molar refractivity (Wildman–Crippen MR) is 74.6 cm³/mol. The van der Waals surface area contributed by atoms with Crippen LogP contribution in [0.1, 0.15) is 12.7 Å². The van der Waals surface area contributed by atoms with Crippen LogP contribution in [0, 0.1) is 9.39 Å². The Morgan fingerprint density at radius 2 is 2.28 bits per heavy atom. The number of benzene rings is 1. The zero-order chi connectivity index (χ0) is 13.1. The van der Waals surface area contributed by atoms with Crippen LogP contribution in [-0.2, 0) is 6.42 Å². The van der Waals surface area contributed by atoms with Gasteiger partial charge < -0.3 is 9.84 Å². The molecule has 0 radical (unpaired) electrons. The van der Waals surface area contributed by atoms with Gasteiger partial charge in [0.2, 0.25) is 0 Å². The second-order valence-electron chi connectivity index (χ2n) is 4.03. The molecule has 0 spiro atoms. The van der Waals surface area contributed by atoms with Gasteiger partial charge in [0, 0.05) is 16.0 Å². The molecule has 0 bridgehead atoms. The molecular weight excluding hydrogens is 348 g/mol. The second-order valence-corrected chi connectivity index (χ2v) is 5.20. The maximum absolute atomic E-state index is 13.0. The molecule has 0 fully saturated rings. The molecule has 1 aromatic heterocycles. The third kappa shape index (κ3) is 3.05. The molecule has 4 nitrogen and oxygen atoms in total. The lowest BCUT2D eigenvalue weighted by Crippen LogP contribution is -2.24. The summed E-state index contributed by atoms with van der Waals surface area (Å²) in [5.74, 6) is 0.802. The summed E-state index contributed by atoms with van der Waals surface area (Å²) in [4.78, 5) is 4.31. The Balaban J connectivity index is 2.24. The van der Waals surface area contributed by atoms with E-state index in [1.54, 1.807) is 6.07 Å². The molecule has 0 aliphatic rings. The zero-order valence-electron chi connectivity index (χ0n) is 10.1. The van der Waals surface area contributed by atoms with E-state index in [1.165, 1.54) is 12.1 Å². The molecule has 0 amide bonds. The fourth-order valence-corrected chi connectivity index (χ4v) is 2.19. The van der Waals surface area contributed by atoms with E-state index >= 15 is 0 Å². The van der Waals surface area contributed by atoms with Crippen molar-refractivity contribution in [3.63, 3.8) is 0 Å². The van der Waals surface area contributed by atoms with E-state index in [0.717, 1.165) is 9.13 Å². The maximum Gasteiger partial charge on any atom is 0.258 e. The number of hydrogen-bond acceptors (Lipinski definition) is 4. The van der Waals surface area contributed by atoms with Crippen LogP contribution in [-0.4, -0.2) is 23.2 Å². The second kappa shape index (κ2) is 5.75. The molecule has 0 saturated heterocycles. The van der Waals surface area contributed by atoms with E-state index in [4.69, 9.17) is 4.52 Å². The molecule has 96 valence electrons. The van der Waals surface area contributed by atoms with E-state index in [2.05, 4.69) is 38.0 Å². The van der Waals surface area contributed by atoms with Crippen molar-refractivity contribution in [2.75, 3.05) is 7.05 Å². The van der Waals surface area contributed by atoms with Gasteiger partial charge in [-0.05, 0) is 54.8 Å². The minimum atomic E-state index is -0.272. The number of likely N-dealkylation sites (N-methyl/N-ethyl adjacent to an activating group) is 1. The highest BCUT2D eigenvalue weighted by Gasteiger charge is 2.13. The van der Waals surface area contributed by atoms with Gasteiger partial charge in [-0.15, -0.1) is 0 Å². The molecule has 18 heavy (non-hydrogen) atoms. The lowest BCUT2D eigenvalue weighted by atomic mass is 10.2. The SMILES string of the molecule is CNC(C)Cc1noc(-c2ccc(F)cc2I)n1. The topological polar surface area (TPSA) is 51.0 Å². The number of hydrogen-bond donors (Lipinski definition) is 1. The standard InChI is InChI=1S/C12H13FIN3O/c1-7(15-2)5-11-16-12(18-17-11)9-4-3-8(13)6-10(9)14/h3-4,6-7,15H,5H2,1-2H3. The molecule has 1 heterocycles. The van der Waals surface area contributed by atoms with Crippen molar-refractivity contribution in [1.82, 2.24) is 15.5 Å². The summed E-state index contributed by atoms with van der Waals surface area (Å²) in [6.45, 7) is 2.04. The van der Waals surface area contributed by atoms with Crippen molar-refractivity contribution >= 4 is 22.6 Å². The van der Waals surface area contributed by atoms with Crippen LogP contribution in [0.25, 0.3) is 11.5 Å². The molecule has 0 aliphatic carbocycles. The van der Waals surface area contributed by atoms with Crippen molar-refractivity contribution in [3.05, 3.63) is 33.4 Å². The monoisotopic (exact) mass is 361 g/mol. The van der Waals surface area contributed by atoms with Gasteiger partial charge in [-0.1, -0.05) is 5.16 Å². The molecule has 1 N–H and O–H groups in total. The number of nitrogens with zero attached hydrogens (tertiary/aromatic N) is 2. The van der Waals surface area contributed by atoms with E-state index < -0.39 is 0 Å². The number of aromatic nitrogens is 2. The summed E-state index contributed by atoms with van der Waals surface area (Å²) in [5, 5.41) is 7.03. The van der Waals surface area contributed by atoms with Crippen LogP contribution in [0.15, 0.2) is 22.7 Å². The first kappa shape index (κ1) is 13.4. The van der Waals surface area contributed by atoms with Crippen molar-refractivity contribution in [3.8, 4) is 11.5 Å². The molecule has 1 aromatic carbocycles. The van der Waals surface area contributed by atoms with E-state index in [0.29, 0.717) is 18.1 Å². The number of halogens is 2. The smallest absolute Gasteiger partial charge is 0.258 e. The highest BCUT2D eigenvalue weighted by atomic mass is 127. The Kier molecular flexibility index (Phi) is 4.28. The van der Waals surface area contributed by atoms with Crippen LogP contribution in [0.4, 0.5) is 4.39 Å². The fraction of sp³-hybridized carbons (Fsp3) is 0.333. The predicted octanol–water partition coefficient (Wildman–Crippen LogP) is 2.63. The van der Waals surface area contributed by atoms with Gasteiger partial charge >= 0.3 is 0 Å². The third-order valence-electron chi connectivity index (χ3n) is 2.61. The molecule has 2 rings (SSSR count). The average molecular weight is 361 g/mol. The van der Waals surface area contributed by atoms with Gasteiger partial charge in [0.1, 0.15) is 5.82 Å². The van der Waals surface area contributed by atoms with Crippen LogP contribution in [0.3, 0.4) is 0 Å². The first-order valence-electron chi connectivity index (χ1n) is 5.55. The molecule has 1 unspecified atom stereocenters. The largest absolute Gasteiger partial charge is 0.334 e. The summed E-state index contributed by atoms with van der Waals surface area (Å²) in [7, 11) is 1.88. The Morgan fingerprint density at radius 3 is 2.94 bits per heavy atom. The van der Waals surface area contributed by atoms with Gasteiger partial charge in [0.15, 0.2) is 5.82 Å². The highest BCUT2D eigenvalue weighted by molar-refractivity contribution is 14.1. The highest BCUT2D eigenvalue weighted by Crippen LogP contribution is 2.24. The quantitative estimate of drug-likeness (QED) is 0.851. The van der Waals surface area contributed by atoms with Crippen LogP contribution in [0.5, 0.6) is 0 Å². The summed E-state index contributed by atoms with van der Waals surface area (Å²) in [6, 6.07) is 4.76. The Bertz CT molecular complexity index is 544. The van der Waals surface area contributed by atoms with Crippen LogP contribution < -0.4 is 5.32 Å². The number of nitrogens with one attached hydrogen (secondary N) is 1. The lowest BCUT2D eigenvalue weighted by Gasteiger charge is -2.04. The van der Waals surface area contributed by atoms with Gasteiger partial charge in [-0.3, -0.25) is 0 Å². The van der Waals surface area contributed by atoms with Crippen molar-refractivity contribution in [2.45, 2.75) is 19.4 Å². The van der Waals surface area contributed by atoms with Crippen molar-refractivity contribution in [1.29, 1.82) is 0 Å². The summed E-state index contributed by atoms with van der Waals surface area (Å²) < 4.78 is 19.0. The maximum atomic E-state index is 13.0. The summed E-state index contributed by atoms with van der Waals surface area (Å²) in [5.41, 5.74) is 0.757. The number of rotatable bonds is 4. The first-order chi connectivity index (χ1) is 8.60. The molecule has 6 heteroatoms.